The predicted octanol–water partition coefficient (Wildman–Crippen LogP) is 0.497. The topological polar surface area (TPSA) is 55.4 Å². The van der Waals surface area contributed by atoms with Crippen LogP contribution < -0.4 is 5.32 Å². The molecule has 0 saturated carbocycles. The number of carbonyl (C=O) groups excluding carboxylic acids is 2. The fraction of sp³-hybridized carbons (Fsp3) is 0.750. The number of rotatable bonds is 3. The summed E-state index contributed by atoms with van der Waals surface area (Å²) >= 11 is 0. The van der Waals surface area contributed by atoms with E-state index in [1.54, 1.807) is 6.92 Å². The van der Waals surface area contributed by atoms with Gasteiger partial charge in [-0.25, -0.2) is 0 Å². The molecule has 5 heteroatoms. The van der Waals surface area contributed by atoms with Crippen molar-refractivity contribution < 1.29 is 14.3 Å². The summed E-state index contributed by atoms with van der Waals surface area (Å²) in [4.78, 5) is 21.9. The summed E-state index contributed by atoms with van der Waals surface area (Å²) < 4.78 is 4.73. The predicted molar refractivity (Wildman–Crippen MR) is 49.6 cm³/mol. The Kier molecular flexibility index (Phi) is 5.46. The molecule has 0 aromatic rings. The zero-order valence-electron chi connectivity index (χ0n) is 7.54. The van der Waals surface area contributed by atoms with Crippen LogP contribution in [0.25, 0.3) is 0 Å². The van der Waals surface area contributed by atoms with Crippen molar-refractivity contribution in [2.45, 2.75) is 19.8 Å². The number of esters is 1. The Morgan fingerprint density at radius 3 is 2.85 bits per heavy atom. The van der Waals surface area contributed by atoms with Gasteiger partial charge in [0.15, 0.2) is 0 Å². The Morgan fingerprint density at radius 1 is 1.69 bits per heavy atom. The van der Waals surface area contributed by atoms with Gasteiger partial charge in [-0.3, -0.25) is 9.59 Å². The maximum absolute atomic E-state index is 11.0. The quantitative estimate of drug-likeness (QED) is 0.686. The SMILES string of the molecule is CCOC(=O)CC1CCNC1=O.Cl. The molecule has 13 heavy (non-hydrogen) atoms. The lowest BCUT2D eigenvalue weighted by Crippen LogP contribution is -2.21. The molecular weight excluding hydrogens is 194 g/mol. The van der Waals surface area contributed by atoms with Crippen molar-refractivity contribution in [1.29, 1.82) is 0 Å². The third-order valence-electron chi connectivity index (χ3n) is 1.88. The van der Waals surface area contributed by atoms with Gasteiger partial charge in [0, 0.05) is 6.54 Å². The zero-order valence-corrected chi connectivity index (χ0v) is 8.36. The van der Waals surface area contributed by atoms with Crippen molar-refractivity contribution in [3.05, 3.63) is 0 Å². The van der Waals surface area contributed by atoms with E-state index in [-0.39, 0.29) is 36.6 Å². The zero-order chi connectivity index (χ0) is 8.97. The largest absolute Gasteiger partial charge is 0.466 e. The van der Waals surface area contributed by atoms with Gasteiger partial charge in [0.05, 0.1) is 18.9 Å². The van der Waals surface area contributed by atoms with Gasteiger partial charge in [-0.15, -0.1) is 12.4 Å². The highest BCUT2D eigenvalue weighted by atomic mass is 35.5. The third kappa shape index (κ3) is 3.63. The molecule has 1 unspecified atom stereocenters. The third-order valence-corrected chi connectivity index (χ3v) is 1.88. The van der Waals surface area contributed by atoms with Crippen molar-refractivity contribution >= 4 is 24.3 Å². The lowest BCUT2D eigenvalue weighted by atomic mass is 10.0. The van der Waals surface area contributed by atoms with Crippen LogP contribution >= 0.6 is 12.4 Å². The fourth-order valence-corrected chi connectivity index (χ4v) is 1.26. The van der Waals surface area contributed by atoms with E-state index in [1.165, 1.54) is 0 Å². The van der Waals surface area contributed by atoms with Crippen LogP contribution in [0.15, 0.2) is 0 Å². The van der Waals surface area contributed by atoms with E-state index in [2.05, 4.69) is 5.32 Å². The smallest absolute Gasteiger partial charge is 0.306 e. The Balaban J connectivity index is 0.00000144. The molecule has 0 bridgehead atoms. The first-order chi connectivity index (χ1) is 5.74. The minimum Gasteiger partial charge on any atom is -0.466 e. The van der Waals surface area contributed by atoms with Crippen LogP contribution in [0.3, 0.4) is 0 Å². The number of amides is 1. The number of halogens is 1. The van der Waals surface area contributed by atoms with Crippen LogP contribution in [0.1, 0.15) is 19.8 Å². The van der Waals surface area contributed by atoms with Crippen LogP contribution in [0, 0.1) is 5.92 Å². The summed E-state index contributed by atoms with van der Waals surface area (Å²) in [6, 6.07) is 0. The molecule has 1 heterocycles. The Hall–Kier alpha value is -0.770. The van der Waals surface area contributed by atoms with Gasteiger partial charge in [-0.1, -0.05) is 0 Å². The normalized spacial score (nSPS) is 20.4. The lowest BCUT2D eigenvalue weighted by molar-refractivity contribution is -0.145. The molecule has 0 spiro atoms. The molecule has 1 saturated heterocycles. The fourth-order valence-electron chi connectivity index (χ4n) is 1.26. The molecule has 1 N–H and O–H groups in total. The maximum Gasteiger partial charge on any atom is 0.306 e. The highest BCUT2D eigenvalue weighted by Crippen LogP contribution is 2.14. The molecule has 1 rings (SSSR count). The van der Waals surface area contributed by atoms with Gasteiger partial charge in [0.2, 0.25) is 5.91 Å². The van der Waals surface area contributed by atoms with Gasteiger partial charge in [-0.05, 0) is 13.3 Å². The second-order valence-electron chi connectivity index (χ2n) is 2.79. The average Bonchev–Trinajstić information content (AvgIpc) is 2.37. The van der Waals surface area contributed by atoms with Gasteiger partial charge in [0.25, 0.3) is 0 Å². The monoisotopic (exact) mass is 207 g/mol. The van der Waals surface area contributed by atoms with Crippen LogP contribution in [0.4, 0.5) is 0 Å². The maximum atomic E-state index is 11.0. The molecule has 0 radical (unpaired) electrons. The summed E-state index contributed by atoms with van der Waals surface area (Å²) in [5, 5.41) is 2.67. The summed E-state index contributed by atoms with van der Waals surface area (Å²) in [7, 11) is 0. The number of carbonyl (C=O) groups is 2. The second kappa shape index (κ2) is 5.80. The van der Waals surface area contributed by atoms with Crippen molar-refractivity contribution in [2.75, 3.05) is 13.2 Å². The molecule has 0 aliphatic carbocycles. The van der Waals surface area contributed by atoms with E-state index < -0.39 is 0 Å². The molecule has 0 aromatic carbocycles. The summed E-state index contributed by atoms with van der Waals surface area (Å²) in [6.45, 7) is 2.82. The van der Waals surface area contributed by atoms with Crippen LogP contribution in [0.5, 0.6) is 0 Å². The number of nitrogens with one attached hydrogen (secondary N) is 1. The molecule has 1 atom stereocenters. The first kappa shape index (κ1) is 12.2. The summed E-state index contributed by atoms with van der Waals surface area (Å²) in [6.07, 6.45) is 0.970. The van der Waals surface area contributed by atoms with Crippen LogP contribution in [0.2, 0.25) is 0 Å². The van der Waals surface area contributed by atoms with E-state index in [0.29, 0.717) is 13.2 Å². The Labute approximate surface area is 83.4 Å². The lowest BCUT2D eigenvalue weighted by Gasteiger charge is -2.04. The van der Waals surface area contributed by atoms with E-state index in [1.807, 2.05) is 0 Å². The minimum absolute atomic E-state index is 0. The van der Waals surface area contributed by atoms with Gasteiger partial charge < -0.3 is 10.1 Å². The van der Waals surface area contributed by atoms with Crippen LogP contribution in [-0.2, 0) is 14.3 Å². The molecule has 1 aliphatic rings. The summed E-state index contributed by atoms with van der Waals surface area (Å²) in [5.41, 5.74) is 0. The van der Waals surface area contributed by atoms with Gasteiger partial charge >= 0.3 is 5.97 Å². The molecule has 76 valence electrons. The van der Waals surface area contributed by atoms with Crippen molar-refractivity contribution in [2.24, 2.45) is 5.92 Å². The van der Waals surface area contributed by atoms with Crippen molar-refractivity contribution in [1.82, 2.24) is 5.32 Å². The van der Waals surface area contributed by atoms with E-state index in [0.717, 1.165) is 6.42 Å². The second-order valence-corrected chi connectivity index (χ2v) is 2.79. The highest BCUT2D eigenvalue weighted by Gasteiger charge is 2.26. The van der Waals surface area contributed by atoms with Crippen LogP contribution in [-0.4, -0.2) is 25.0 Å². The van der Waals surface area contributed by atoms with Gasteiger partial charge in [-0.2, -0.15) is 0 Å². The Bertz CT molecular complexity index is 196. The van der Waals surface area contributed by atoms with E-state index >= 15 is 0 Å². The molecule has 1 amide bonds. The molecular formula is C8H14ClNO3. The number of ether oxygens (including phenoxy) is 1. The molecule has 4 nitrogen and oxygen atoms in total. The number of hydrogen-bond donors (Lipinski definition) is 1. The van der Waals surface area contributed by atoms with Crippen molar-refractivity contribution in [3.8, 4) is 0 Å². The van der Waals surface area contributed by atoms with E-state index in [9.17, 15) is 9.59 Å². The minimum atomic E-state index is -0.278. The molecule has 1 aliphatic heterocycles. The number of hydrogen-bond acceptors (Lipinski definition) is 3. The highest BCUT2D eigenvalue weighted by molar-refractivity contribution is 5.85. The van der Waals surface area contributed by atoms with Gasteiger partial charge in [0.1, 0.15) is 0 Å². The molecule has 1 fully saturated rings. The van der Waals surface area contributed by atoms with E-state index in [4.69, 9.17) is 4.74 Å². The molecule has 0 aromatic heterocycles. The average molecular weight is 208 g/mol. The standard InChI is InChI=1S/C8H13NO3.ClH/c1-2-12-7(10)5-6-3-4-9-8(6)11;/h6H,2-5H2,1H3,(H,9,11);1H. The Morgan fingerprint density at radius 2 is 2.38 bits per heavy atom. The first-order valence-corrected chi connectivity index (χ1v) is 4.17. The summed E-state index contributed by atoms with van der Waals surface area (Å²) in [5.74, 6) is -0.466. The van der Waals surface area contributed by atoms with Crippen molar-refractivity contribution in [3.63, 3.8) is 0 Å². The first-order valence-electron chi connectivity index (χ1n) is 4.17.